The first-order valence-electron chi connectivity index (χ1n) is 10.4. The number of aryl methyl sites for hydroxylation is 1. The van der Waals surface area contributed by atoms with E-state index in [9.17, 15) is 62.3 Å². The molecule has 1 aromatic heterocycles. The second-order valence-electron chi connectivity index (χ2n) is 8.44. The normalized spacial score (nSPS) is 13.2. The van der Waals surface area contributed by atoms with Crippen LogP contribution in [0.15, 0.2) is 52.2 Å². The number of benzene rings is 2. The minimum Gasteiger partial charge on any atom is -0.296 e. The van der Waals surface area contributed by atoms with Gasteiger partial charge in [-0.1, -0.05) is 0 Å². The maximum Gasteiger partial charge on any atom is 0.416 e. The van der Waals surface area contributed by atoms with Crippen LogP contribution in [0.5, 0.6) is 0 Å². The van der Waals surface area contributed by atoms with Crippen molar-refractivity contribution in [3.05, 3.63) is 102 Å². The summed E-state index contributed by atoms with van der Waals surface area (Å²) in [6, 6.07) is 0.882. The average Bonchev–Trinajstić information content (AvgIpc) is 2.77. The highest BCUT2D eigenvalue weighted by Crippen LogP contribution is 2.37. The number of aromatic nitrogens is 2. The van der Waals surface area contributed by atoms with E-state index in [1.54, 1.807) is 0 Å². The lowest BCUT2D eigenvalue weighted by Crippen LogP contribution is -2.41. The van der Waals surface area contributed by atoms with Gasteiger partial charge in [-0.15, -0.1) is 0 Å². The van der Waals surface area contributed by atoms with Crippen LogP contribution in [-0.4, -0.2) is 9.13 Å². The predicted molar refractivity (Wildman–Crippen MR) is 111 cm³/mol. The van der Waals surface area contributed by atoms with Gasteiger partial charge in [0.1, 0.15) is 0 Å². The molecule has 0 atom stereocenters. The predicted octanol–water partition coefficient (Wildman–Crippen LogP) is 6.49. The van der Waals surface area contributed by atoms with E-state index in [2.05, 4.69) is 0 Å². The lowest BCUT2D eigenvalue weighted by molar-refractivity contribution is -0.144. The summed E-state index contributed by atoms with van der Waals surface area (Å²) < 4.78 is 159. The van der Waals surface area contributed by atoms with Crippen LogP contribution in [0, 0.1) is 6.92 Å². The van der Waals surface area contributed by atoms with Gasteiger partial charge in [-0.25, -0.2) is 4.79 Å². The number of halogens is 12. The van der Waals surface area contributed by atoms with Gasteiger partial charge in [-0.3, -0.25) is 13.9 Å². The highest BCUT2D eigenvalue weighted by atomic mass is 19.4. The second kappa shape index (κ2) is 9.79. The van der Waals surface area contributed by atoms with Crippen molar-refractivity contribution in [1.29, 1.82) is 0 Å². The summed E-state index contributed by atoms with van der Waals surface area (Å²) in [5.74, 6) is 0. The SMILES string of the molecule is Cc1cn(Cc2cc(C(F)(F)F)cc(C(F)(F)F)c2)c(=O)n(Cc2cc(C(F)(F)F)cc(C(F)(F)F)c2)c1=O. The van der Waals surface area contributed by atoms with Gasteiger partial charge in [0.15, 0.2) is 0 Å². The van der Waals surface area contributed by atoms with Crippen LogP contribution in [0.3, 0.4) is 0 Å². The largest absolute Gasteiger partial charge is 0.416 e. The fourth-order valence-electron chi connectivity index (χ4n) is 3.65. The Hall–Kier alpha value is -3.72. The Kier molecular flexibility index (Phi) is 7.49. The third-order valence-corrected chi connectivity index (χ3v) is 5.40. The average molecular weight is 578 g/mol. The molecule has 16 heteroatoms. The molecule has 1 heterocycles. The molecule has 3 rings (SSSR count). The number of alkyl halides is 12. The topological polar surface area (TPSA) is 44.0 Å². The molecule has 0 unspecified atom stereocenters. The Morgan fingerprint density at radius 2 is 0.897 bits per heavy atom. The van der Waals surface area contributed by atoms with Crippen LogP contribution in [0.4, 0.5) is 52.7 Å². The van der Waals surface area contributed by atoms with Crippen molar-refractivity contribution in [3.63, 3.8) is 0 Å². The molecule has 0 bridgehead atoms. The van der Waals surface area contributed by atoms with Crippen molar-refractivity contribution in [1.82, 2.24) is 9.13 Å². The van der Waals surface area contributed by atoms with E-state index in [-0.39, 0.29) is 34.4 Å². The van der Waals surface area contributed by atoms with E-state index in [1.165, 1.54) is 0 Å². The lowest BCUT2D eigenvalue weighted by Gasteiger charge is -2.17. The molecule has 0 saturated heterocycles. The molecule has 0 fully saturated rings. The molecule has 3 aromatic rings. The summed E-state index contributed by atoms with van der Waals surface area (Å²) in [6.07, 6.45) is -20.1. The maximum atomic E-state index is 13.2. The summed E-state index contributed by atoms with van der Waals surface area (Å²) >= 11 is 0. The van der Waals surface area contributed by atoms with Gasteiger partial charge in [-0.2, -0.15) is 52.7 Å². The van der Waals surface area contributed by atoms with Gasteiger partial charge >= 0.3 is 30.4 Å². The Morgan fingerprint density at radius 3 is 1.23 bits per heavy atom. The maximum absolute atomic E-state index is 13.2. The molecule has 0 aliphatic rings. The third kappa shape index (κ3) is 6.84. The van der Waals surface area contributed by atoms with E-state index in [0.29, 0.717) is 16.7 Å². The first-order chi connectivity index (χ1) is 17.6. The summed E-state index contributed by atoms with van der Waals surface area (Å²) in [6.45, 7) is -0.971. The number of hydrogen-bond donors (Lipinski definition) is 0. The van der Waals surface area contributed by atoms with Crippen LogP contribution in [-0.2, 0) is 37.8 Å². The van der Waals surface area contributed by atoms with Crippen LogP contribution in [0.1, 0.15) is 38.9 Å². The van der Waals surface area contributed by atoms with Crippen molar-refractivity contribution in [3.8, 4) is 0 Å². The molecule has 0 N–H and O–H groups in total. The second-order valence-corrected chi connectivity index (χ2v) is 8.44. The molecule has 2 aromatic carbocycles. The Labute approximate surface area is 209 Å². The standard InChI is InChI=1S/C23H14F12N2O2/c1-11-8-36(9-12-2-14(20(24,25)26)6-15(3-12)21(27,28)29)19(39)37(18(11)38)10-13-4-16(22(30,31)32)7-17(5-13)23(33,34)35/h2-8H,9-10H2,1H3. The van der Waals surface area contributed by atoms with E-state index >= 15 is 0 Å². The molecule has 39 heavy (non-hydrogen) atoms. The van der Waals surface area contributed by atoms with Gasteiger partial charge in [-0.05, 0) is 54.4 Å². The molecular weight excluding hydrogens is 564 g/mol. The summed E-state index contributed by atoms with van der Waals surface area (Å²) in [5.41, 5.74) is -11.1. The zero-order chi connectivity index (χ0) is 29.7. The quantitative estimate of drug-likeness (QED) is 0.333. The third-order valence-electron chi connectivity index (χ3n) is 5.40. The lowest BCUT2D eigenvalue weighted by atomic mass is 10.0. The minimum atomic E-state index is -5.23. The van der Waals surface area contributed by atoms with E-state index in [0.717, 1.165) is 13.1 Å². The van der Waals surface area contributed by atoms with Crippen molar-refractivity contribution < 1.29 is 52.7 Å². The minimum absolute atomic E-state index is 0.148. The van der Waals surface area contributed by atoms with Gasteiger partial charge in [0.2, 0.25) is 0 Å². The highest BCUT2D eigenvalue weighted by molar-refractivity contribution is 5.35. The Balaban J connectivity index is 2.15. The van der Waals surface area contributed by atoms with Crippen LogP contribution in [0.25, 0.3) is 0 Å². The van der Waals surface area contributed by atoms with Gasteiger partial charge < -0.3 is 0 Å². The van der Waals surface area contributed by atoms with Crippen molar-refractivity contribution in [2.75, 3.05) is 0 Å². The zero-order valence-electron chi connectivity index (χ0n) is 19.2. The zero-order valence-corrected chi connectivity index (χ0v) is 19.2. The summed E-state index contributed by atoms with van der Waals surface area (Å²) in [7, 11) is 0. The molecule has 0 aliphatic heterocycles. The van der Waals surface area contributed by atoms with Gasteiger partial charge in [0.05, 0.1) is 35.3 Å². The molecule has 4 nitrogen and oxygen atoms in total. The van der Waals surface area contributed by atoms with E-state index < -0.39 is 82.4 Å². The van der Waals surface area contributed by atoms with E-state index in [4.69, 9.17) is 0 Å². The van der Waals surface area contributed by atoms with Crippen molar-refractivity contribution in [2.24, 2.45) is 0 Å². The van der Waals surface area contributed by atoms with Gasteiger partial charge in [0.25, 0.3) is 5.56 Å². The van der Waals surface area contributed by atoms with Gasteiger partial charge in [0, 0.05) is 11.8 Å². The summed E-state index contributed by atoms with van der Waals surface area (Å²) in [4.78, 5) is 25.5. The highest BCUT2D eigenvalue weighted by Gasteiger charge is 2.38. The number of hydrogen-bond acceptors (Lipinski definition) is 2. The Bertz CT molecular complexity index is 1440. The number of nitrogens with zero attached hydrogens (tertiary/aromatic N) is 2. The molecule has 0 saturated carbocycles. The monoisotopic (exact) mass is 578 g/mol. The first kappa shape index (κ1) is 29.8. The molecule has 0 spiro atoms. The fourth-order valence-corrected chi connectivity index (χ4v) is 3.65. The first-order valence-corrected chi connectivity index (χ1v) is 10.4. The van der Waals surface area contributed by atoms with Crippen molar-refractivity contribution in [2.45, 2.75) is 44.7 Å². The fraction of sp³-hybridized carbons (Fsp3) is 0.304. The van der Waals surface area contributed by atoms with E-state index in [1.807, 2.05) is 0 Å². The number of rotatable bonds is 4. The van der Waals surface area contributed by atoms with Crippen LogP contribution >= 0.6 is 0 Å². The Morgan fingerprint density at radius 1 is 0.564 bits per heavy atom. The van der Waals surface area contributed by atoms with Crippen LogP contribution < -0.4 is 11.2 Å². The molecular formula is C23H14F12N2O2. The smallest absolute Gasteiger partial charge is 0.296 e. The molecule has 0 amide bonds. The molecule has 0 radical (unpaired) electrons. The van der Waals surface area contributed by atoms with Crippen LogP contribution in [0.2, 0.25) is 0 Å². The molecule has 0 aliphatic carbocycles. The summed E-state index contributed by atoms with van der Waals surface area (Å²) in [5, 5.41) is 0. The van der Waals surface area contributed by atoms with Crippen molar-refractivity contribution >= 4 is 0 Å². The molecule has 212 valence electrons.